The number of rotatable bonds is 6. The second kappa shape index (κ2) is 10.5. The number of para-hydroxylation sites is 1. The number of ether oxygens (including phenoxy) is 1. The maximum Gasteiger partial charge on any atom is 0.221 e. The lowest BCUT2D eigenvalue weighted by atomic mass is 9.93. The van der Waals surface area contributed by atoms with Gasteiger partial charge in [-0.2, -0.15) is 5.26 Å². The van der Waals surface area contributed by atoms with Gasteiger partial charge in [0.15, 0.2) is 5.78 Å². The van der Waals surface area contributed by atoms with Crippen LogP contribution in [0, 0.1) is 11.3 Å². The quantitative estimate of drug-likeness (QED) is 0.686. The lowest BCUT2D eigenvalue weighted by molar-refractivity contribution is -0.121. The van der Waals surface area contributed by atoms with E-state index < -0.39 is 0 Å². The van der Waals surface area contributed by atoms with Crippen LogP contribution in [0.3, 0.4) is 0 Å². The second-order valence-electron chi connectivity index (χ2n) is 8.02. The van der Waals surface area contributed by atoms with Crippen LogP contribution in [0.5, 0.6) is 5.75 Å². The van der Waals surface area contributed by atoms with E-state index in [-0.39, 0.29) is 23.8 Å². The Morgan fingerprint density at radius 2 is 1.88 bits per heavy atom. The van der Waals surface area contributed by atoms with Gasteiger partial charge < -0.3 is 10.1 Å². The van der Waals surface area contributed by atoms with E-state index in [1.165, 1.54) is 11.8 Å². The Morgan fingerprint density at radius 1 is 1.12 bits per heavy atom. The topological polar surface area (TPSA) is 91.5 Å². The van der Waals surface area contributed by atoms with Gasteiger partial charge in [-0.3, -0.25) is 9.59 Å². The number of fused-ring (bicyclic) bond motifs is 1. The number of nitriles is 1. The average Bonchev–Trinajstić information content (AvgIpc) is 2.81. The molecule has 1 heterocycles. The second-order valence-corrected chi connectivity index (χ2v) is 9.18. The van der Waals surface area contributed by atoms with Crippen LogP contribution in [0.2, 0.25) is 0 Å². The molecule has 2 aromatic rings. The van der Waals surface area contributed by atoms with Crippen LogP contribution >= 0.6 is 11.8 Å². The van der Waals surface area contributed by atoms with Crippen LogP contribution in [-0.2, 0) is 4.79 Å². The Kier molecular flexibility index (Phi) is 7.23. The first-order chi connectivity index (χ1) is 15.6. The van der Waals surface area contributed by atoms with Crippen molar-refractivity contribution < 1.29 is 14.3 Å². The monoisotopic (exact) mass is 447 g/mol. The molecule has 0 bridgehead atoms. The number of Topliss-reactive ketones (excluding diaryl/α,β-unsaturated/α-hetero) is 1. The average molecular weight is 448 g/mol. The lowest BCUT2D eigenvalue weighted by Crippen LogP contribution is -2.39. The third-order valence-corrected chi connectivity index (χ3v) is 6.66. The molecule has 0 spiro atoms. The van der Waals surface area contributed by atoms with Crippen LogP contribution in [-0.4, -0.2) is 34.6 Å². The highest BCUT2D eigenvalue weighted by atomic mass is 32.2. The van der Waals surface area contributed by atoms with E-state index in [0.717, 1.165) is 42.2 Å². The minimum absolute atomic E-state index is 0.0390. The number of hydrogen-bond donors (Lipinski definition) is 1. The Balaban J connectivity index is 1.16. The summed E-state index contributed by atoms with van der Waals surface area (Å²) in [6, 6.07) is 16.8. The zero-order valence-electron chi connectivity index (χ0n) is 17.8. The number of amides is 1. The first-order valence-electron chi connectivity index (χ1n) is 10.9. The van der Waals surface area contributed by atoms with Gasteiger partial charge in [-0.05, 0) is 62.1 Å². The van der Waals surface area contributed by atoms with E-state index in [9.17, 15) is 9.59 Å². The van der Waals surface area contributed by atoms with E-state index in [2.05, 4.69) is 16.4 Å². The van der Waals surface area contributed by atoms with Crippen molar-refractivity contribution in [2.24, 2.45) is 4.99 Å². The number of carbonyl (C=O) groups is 2. The molecule has 1 saturated carbocycles. The van der Waals surface area contributed by atoms with Crippen molar-refractivity contribution in [3.8, 4) is 11.8 Å². The molecule has 4 rings (SSSR count). The molecule has 0 saturated heterocycles. The lowest BCUT2D eigenvalue weighted by Gasteiger charge is -2.29. The highest BCUT2D eigenvalue weighted by molar-refractivity contribution is 8.14. The number of nitrogens with zero attached hydrogens (tertiary/aromatic N) is 2. The Hall–Kier alpha value is -3.11. The van der Waals surface area contributed by atoms with Crippen molar-refractivity contribution in [3.05, 3.63) is 59.7 Å². The Morgan fingerprint density at radius 3 is 2.62 bits per heavy atom. The van der Waals surface area contributed by atoms with Crippen molar-refractivity contribution in [2.75, 3.05) is 5.75 Å². The SMILES string of the molecule is N#Cc1ccc(OC2CCC(NC(=O)CCSC3=Nc4ccccc4C(=O)C3)CC2)cc1. The summed E-state index contributed by atoms with van der Waals surface area (Å²) in [6.45, 7) is 0. The summed E-state index contributed by atoms with van der Waals surface area (Å²) in [5, 5.41) is 12.8. The molecule has 6 nitrogen and oxygen atoms in total. The molecule has 2 aliphatic rings. The summed E-state index contributed by atoms with van der Waals surface area (Å²) < 4.78 is 6.01. The van der Waals surface area contributed by atoms with Gasteiger partial charge in [0.1, 0.15) is 5.75 Å². The molecule has 7 heteroatoms. The van der Waals surface area contributed by atoms with Crippen LogP contribution in [0.15, 0.2) is 53.5 Å². The Labute approximate surface area is 192 Å². The van der Waals surface area contributed by atoms with Gasteiger partial charge in [-0.25, -0.2) is 4.99 Å². The van der Waals surface area contributed by atoms with Gasteiger partial charge in [-0.15, -0.1) is 11.8 Å². The molecule has 1 fully saturated rings. The van der Waals surface area contributed by atoms with E-state index >= 15 is 0 Å². The molecule has 1 aliphatic heterocycles. The molecular weight excluding hydrogens is 422 g/mol. The smallest absolute Gasteiger partial charge is 0.221 e. The van der Waals surface area contributed by atoms with Crippen LogP contribution < -0.4 is 10.1 Å². The van der Waals surface area contributed by atoms with Crippen molar-refractivity contribution in [1.82, 2.24) is 5.32 Å². The molecule has 0 aromatic heterocycles. The normalized spacial score (nSPS) is 20.0. The number of hydrogen-bond acceptors (Lipinski definition) is 6. The van der Waals surface area contributed by atoms with Gasteiger partial charge in [0.05, 0.1) is 34.9 Å². The molecule has 32 heavy (non-hydrogen) atoms. The summed E-state index contributed by atoms with van der Waals surface area (Å²) in [6.07, 6.45) is 4.40. The number of ketones is 1. The van der Waals surface area contributed by atoms with Crippen LogP contribution in [0.4, 0.5) is 5.69 Å². The van der Waals surface area contributed by atoms with Crippen LogP contribution in [0.1, 0.15) is 54.4 Å². The molecule has 164 valence electrons. The fraction of sp³-hybridized carbons (Fsp3) is 0.360. The van der Waals surface area contributed by atoms with Gasteiger partial charge in [-0.1, -0.05) is 12.1 Å². The molecule has 2 aromatic carbocycles. The molecule has 0 radical (unpaired) electrons. The molecule has 1 aliphatic carbocycles. The van der Waals surface area contributed by atoms with Crippen molar-refractivity contribution in [1.29, 1.82) is 5.26 Å². The summed E-state index contributed by atoms with van der Waals surface area (Å²) in [4.78, 5) is 29.1. The molecule has 1 amide bonds. The van der Waals surface area contributed by atoms with Crippen LogP contribution in [0.25, 0.3) is 0 Å². The summed E-state index contributed by atoms with van der Waals surface area (Å²) in [5.74, 6) is 1.51. The fourth-order valence-corrected chi connectivity index (χ4v) is 4.90. The minimum Gasteiger partial charge on any atom is -0.490 e. The highest BCUT2D eigenvalue weighted by Crippen LogP contribution is 2.29. The van der Waals surface area contributed by atoms with Gasteiger partial charge in [0.25, 0.3) is 0 Å². The maximum absolute atomic E-state index is 12.4. The largest absolute Gasteiger partial charge is 0.490 e. The number of thioether (sulfide) groups is 1. The molecule has 0 atom stereocenters. The van der Waals surface area contributed by atoms with E-state index in [4.69, 9.17) is 10.00 Å². The Bertz CT molecular complexity index is 1050. The summed E-state index contributed by atoms with van der Waals surface area (Å²) in [7, 11) is 0. The highest BCUT2D eigenvalue weighted by Gasteiger charge is 2.24. The standard InChI is InChI=1S/C25H25N3O3S/c26-16-17-5-9-19(10-6-17)31-20-11-7-18(8-12-20)27-24(30)13-14-32-25-15-23(29)21-3-1-2-4-22(21)28-25/h1-6,9-10,18,20H,7-8,11-15H2,(H,27,30). The zero-order chi connectivity index (χ0) is 22.3. The third-order valence-electron chi connectivity index (χ3n) is 5.68. The van der Waals surface area contributed by atoms with Gasteiger partial charge in [0, 0.05) is 23.8 Å². The summed E-state index contributed by atoms with van der Waals surface area (Å²) >= 11 is 1.49. The number of aliphatic imine (C=N–C) groups is 1. The van der Waals surface area contributed by atoms with Gasteiger partial charge >= 0.3 is 0 Å². The number of carbonyl (C=O) groups excluding carboxylic acids is 2. The first kappa shape index (κ1) is 22.1. The summed E-state index contributed by atoms with van der Waals surface area (Å²) in [5.41, 5.74) is 2.01. The molecule has 1 N–H and O–H groups in total. The van der Waals surface area contributed by atoms with E-state index in [1.807, 2.05) is 30.3 Å². The minimum atomic E-state index is 0.0390. The predicted octanol–water partition coefficient (Wildman–Crippen LogP) is 4.80. The molecule has 0 unspecified atom stereocenters. The van der Waals surface area contributed by atoms with E-state index in [1.54, 1.807) is 18.2 Å². The van der Waals surface area contributed by atoms with Crippen molar-refractivity contribution in [3.63, 3.8) is 0 Å². The predicted molar refractivity (Wildman–Crippen MR) is 126 cm³/mol. The van der Waals surface area contributed by atoms with Gasteiger partial charge in [0.2, 0.25) is 5.91 Å². The van der Waals surface area contributed by atoms with Crippen molar-refractivity contribution in [2.45, 2.75) is 50.7 Å². The molecular formula is C25H25N3O3S. The van der Waals surface area contributed by atoms with E-state index in [0.29, 0.717) is 29.7 Å². The fourth-order valence-electron chi connectivity index (χ4n) is 3.98. The first-order valence-corrected chi connectivity index (χ1v) is 11.9. The maximum atomic E-state index is 12.4. The number of benzene rings is 2. The number of nitrogens with one attached hydrogen (secondary N) is 1. The third kappa shape index (κ3) is 5.77. The van der Waals surface area contributed by atoms with Crippen molar-refractivity contribution >= 4 is 34.2 Å². The zero-order valence-corrected chi connectivity index (χ0v) is 18.6.